The maximum Gasteiger partial charge on any atom is 0.408 e. The summed E-state index contributed by atoms with van der Waals surface area (Å²) in [6.45, 7) is -0.230. The molecule has 1 heterocycles. The van der Waals surface area contributed by atoms with Crippen LogP contribution in [0.4, 0.5) is 9.18 Å². The largest absolute Gasteiger partial charge is 0.465 e. The van der Waals surface area contributed by atoms with E-state index in [1.165, 1.54) is 17.0 Å². The molecule has 0 unspecified atom stereocenters. The number of nitrogens with zero attached hydrogens (tertiary/aromatic N) is 1. The highest BCUT2D eigenvalue weighted by molar-refractivity contribution is 5.68. The van der Waals surface area contributed by atoms with E-state index in [0.29, 0.717) is 12.8 Å². The van der Waals surface area contributed by atoms with Crippen molar-refractivity contribution in [3.05, 3.63) is 70.5 Å². The van der Waals surface area contributed by atoms with Gasteiger partial charge in [-0.15, -0.1) is 0 Å². The third-order valence-electron chi connectivity index (χ3n) is 5.29. The number of aliphatic hydroxyl groups is 1. The summed E-state index contributed by atoms with van der Waals surface area (Å²) >= 11 is 0. The quantitative estimate of drug-likeness (QED) is 0.845. The van der Waals surface area contributed by atoms with Gasteiger partial charge in [-0.1, -0.05) is 30.3 Å². The zero-order chi connectivity index (χ0) is 16.8. The van der Waals surface area contributed by atoms with Crippen LogP contribution in [0.3, 0.4) is 0 Å². The van der Waals surface area contributed by atoms with Crippen molar-refractivity contribution in [1.82, 2.24) is 4.90 Å². The number of carbonyl (C=O) groups is 1. The number of rotatable bonds is 1. The summed E-state index contributed by atoms with van der Waals surface area (Å²) in [4.78, 5) is 13.2. The van der Waals surface area contributed by atoms with Crippen molar-refractivity contribution in [2.45, 2.75) is 30.8 Å². The fourth-order valence-corrected chi connectivity index (χ4v) is 4.32. The fourth-order valence-electron chi connectivity index (χ4n) is 4.32. The predicted molar refractivity (Wildman–Crippen MR) is 86.5 cm³/mol. The summed E-state index contributed by atoms with van der Waals surface area (Å²) in [5.74, 6) is -0.436. The molecule has 124 valence electrons. The van der Waals surface area contributed by atoms with Crippen molar-refractivity contribution >= 4 is 6.09 Å². The van der Waals surface area contributed by atoms with E-state index in [0.717, 1.165) is 22.3 Å². The number of benzene rings is 2. The Labute approximate surface area is 139 Å². The molecule has 2 aliphatic rings. The summed E-state index contributed by atoms with van der Waals surface area (Å²) in [7, 11) is 0. The van der Waals surface area contributed by atoms with Gasteiger partial charge in [0.1, 0.15) is 5.82 Å². The van der Waals surface area contributed by atoms with Gasteiger partial charge in [-0.3, -0.25) is 4.90 Å². The summed E-state index contributed by atoms with van der Waals surface area (Å²) in [6, 6.07) is 11.7. The average Bonchev–Trinajstić information content (AvgIpc) is 2.91. The van der Waals surface area contributed by atoms with E-state index in [1.807, 2.05) is 24.3 Å². The SMILES string of the molecule is O=C(O)N1[C@@H](CO)C[C@@H]2c3ccccc3Cc3ccc(F)cc3[C@H]21. The Balaban J connectivity index is 1.96. The highest BCUT2D eigenvalue weighted by atomic mass is 19.1. The molecule has 0 aromatic heterocycles. The van der Waals surface area contributed by atoms with E-state index in [9.17, 15) is 19.4 Å². The highest BCUT2D eigenvalue weighted by Crippen LogP contribution is 2.50. The zero-order valence-corrected chi connectivity index (χ0v) is 13.0. The van der Waals surface area contributed by atoms with Gasteiger partial charge in [0.15, 0.2) is 0 Å². The molecular weight excluding hydrogens is 309 g/mol. The molecule has 4 nitrogen and oxygen atoms in total. The molecule has 2 aromatic rings. The van der Waals surface area contributed by atoms with Gasteiger partial charge in [0, 0.05) is 5.92 Å². The maximum atomic E-state index is 13.9. The molecule has 2 N–H and O–H groups in total. The lowest BCUT2D eigenvalue weighted by atomic mass is 9.87. The molecule has 1 aliphatic heterocycles. The highest BCUT2D eigenvalue weighted by Gasteiger charge is 2.47. The van der Waals surface area contributed by atoms with Crippen LogP contribution >= 0.6 is 0 Å². The van der Waals surface area contributed by atoms with Crippen molar-refractivity contribution in [3.63, 3.8) is 0 Å². The molecule has 4 rings (SSSR count). The van der Waals surface area contributed by atoms with Crippen LogP contribution in [0.15, 0.2) is 42.5 Å². The summed E-state index contributed by atoms with van der Waals surface area (Å²) in [6.07, 6.45) is 0.132. The molecule has 0 radical (unpaired) electrons. The van der Waals surface area contributed by atoms with Gasteiger partial charge in [0.2, 0.25) is 0 Å². The summed E-state index contributed by atoms with van der Waals surface area (Å²) in [5, 5.41) is 19.4. The normalized spacial score (nSPS) is 24.8. The Morgan fingerprint density at radius 2 is 1.92 bits per heavy atom. The van der Waals surface area contributed by atoms with Crippen LogP contribution in [-0.2, 0) is 6.42 Å². The van der Waals surface area contributed by atoms with Crippen molar-refractivity contribution < 1.29 is 19.4 Å². The Morgan fingerprint density at radius 1 is 1.17 bits per heavy atom. The first-order valence-corrected chi connectivity index (χ1v) is 8.08. The number of carboxylic acid groups (broad SMARTS) is 1. The second-order valence-corrected chi connectivity index (χ2v) is 6.53. The fraction of sp³-hybridized carbons (Fsp3) is 0.316. The molecule has 1 saturated heterocycles. The molecule has 0 bridgehead atoms. The van der Waals surface area contributed by atoms with E-state index in [1.54, 1.807) is 6.07 Å². The Hall–Kier alpha value is -2.40. The molecule has 1 aliphatic carbocycles. The molecule has 1 fully saturated rings. The Bertz CT molecular complexity index is 807. The summed E-state index contributed by atoms with van der Waals surface area (Å²) in [5.41, 5.74) is 3.90. The number of fused-ring (bicyclic) bond motifs is 5. The van der Waals surface area contributed by atoms with Crippen LogP contribution < -0.4 is 0 Å². The number of halogens is 1. The first kappa shape index (κ1) is 15.1. The number of hydrogen-bond acceptors (Lipinski definition) is 2. The zero-order valence-electron chi connectivity index (χ0n) is 13.0. The Morgan fingerprint density at radius 3 is 2.67 bits per heavy atom. The van der Waals surface area contributed by atoms with Crippen molar-refractivity contribution in [2.24, 2.45) is 0 Å². The lowest BCUT2D eigenvalue weighted by Gasteiger charge is -2.29. The van der Waals surface area contributed by atoms with Crippen LogP contribution in [0.1, 0.15) is 40.6 Å². The van der Waals surface area contributed by atoms with Crippen molar-refractivity contribution in [2.75, 3.05) is 6.61 Å². The average molecular weight is 327 g/mol. The van der Waals surface area contributed by atoms with Gasteiger partial charge in [-0.2, -0.15) is 0 Å². The lowest BCUT2D eigenvalue weighted by molar-refractivity contribution is 0.0988. The minimum atomic E-state index is -1.07. The standard InChI is InChI=1S/C19H18FNO3/c20-13-6-5-12-7-11-3-1-2-4-15(11)17-9-14(10-22)21(19(23)24)18(17)16(12)8-13/h1-6,8,14,17-18,22H,7,9-10H2,(H,23,24)/t14-,17-,18-/m1/s1. The van der Waals surface area contributed by atoms with Crippen molar-refractivity contribution in [1.29, 1.82) is 0 Å². The van der Waals surface area contributed by atoms with Gasteiger partial charge in [0.05, 0.1) is 18.7 Å². The maximum absolute atomic E-state index is 13.9. The first-order chi connectivity index (χ1) is 11.6. The van der Waals surface area contributed by atoms with Gasteiger partial charge >= 0.3 is 6.09 Å². The molecule has 3 atom stereocenters. The third-order valence-corrected chi connectivity index (χ3v) is 5.29. The molecule has 24 heavy (non-hydrogen) atoms. The number of aliphatic hydroxyl groups excluding tert-OH is 1. The Kier molecular flexibility index (Phi) is 3.53. The molecule has 1 amide bonds. The second kappa shape index (κ2) is 5.60. The minimum absolute atomic E-state index is 0.0718. The van der Waals surface area contributed by atoms with Crippen molar-refractivity contribution in [3.8, 4) is 0 Å². The second-order valence-electron chi connectivity index (χ2n) is 6.53. The van der Waals surface area contributed by atoms with Gasteiger partial charge in [-0.05, 0) is 47.2 Å². The van der Waals surface area contributed by atoms with Crippen LogP contribution in [0.25, 0.3) is 0 Å². The van der Waals surface area contributed by atoms with Crippen LogP contribution in [0, 0.1) is 5.82 Å². The summed E-state index contributed by atoms with van der Waals surface area (Å²) < 4.78 is 13.9. The molecular formula is C19H18FNO3. The van der Waals surface area contributed by atoms with Gasteiger partial charge < -0.3 is 10.2 Å². The van der Waals surface area contributed by atoms with E-state index >= 15 is 0 Å². The topological polar surface area (TPSA) is 60.8 Å². The smallest absolute Gasteiger partial charge is 0.408 e. The molecule has 5 heteroatoms. The minimum Gasteiger partial charge on any atom is -0.465 e. The van der Waals surface area contributed by atoms with E-state index < -0.39 is 18.2 Å². The van der Waals surface area contributed by atoms with Gasteiger partial charge in [-0.25, -0.2) is 9.18 Å². The molecule has 0 saturated carbocycles. The lowest BCUT2D eigenvalue weighted by Crippen LogP contribution is -2.38. The predicted octanol–water partition coefficient (Wildman–Crippen LogP) is 3.30. The third kappa shape index (κ3) is 2.19. The first-order valence-electron chi connectivity index (χ1n) is 8.08. The van der Waals surface area contributed by atoms with E-state index in [4.69, 9.17) is 0 Å². The van der Waals surface area contributed by atoms with Gasteiger partial charge in [0.25, 0.3) is 0 Å². The number of hydrogen-bond donors (Lipinski definition) is 2. The monoisotopic (exact) mass is 327 g/mol. The number of likely N-dealkylation sites (tertiary alicyclic amines) is 1. The van der Waals surface area contributed by atoms with E-state index in [2.05, 4.69) is 0 Å². The van der Waals surface area contributed by atoms with Crippen LogP contribution in [-0.4, -0.2) is 33.9 Å². The molecule has 0 spiro atoms. The number of amides is 1. The van der Waals surface area contributed by atoms with Crippen LogP contribution in [0.2, 0.25) is 0 Å². The molecule has 2 aromatic carbocycles. The van der Waals surface area contributed by atoms with Crippen LogP contribution in [0.5, 0.6) is 0 Å². The van der Waals surface area contributed by atoms with E-state index in [-0.39, 0.29) is 18.3 Å².